The van der Waals surface area contributed by atoms with Crippen LogP contribution in [-0.4, -0.2) is 45.7 Å². The normalized spacial score (nSPS) is 26.5. The van der Waals surface area contributed by atoms with Gasteiger partial charge in [0.25, 0.3) is 0 Å². The van der Waals surface area contributed by atoms with Gasteiger partial charge in [-0.3, -0.25) is 4.79 Å². The number of esters is 1. The third kappa shape index (κ3) is 9.85. The summed E-state index contributed by atoms with van der Waals surface area (Å²) in [6, 6.07) is 0. The lowest BCUT2D eigenvalue weighted by molar-refractivity contribution is -0.147. The summed E-state index contributed by atoms with van der Waals surface area (Å²) in [4.78, 5) is 11.5. The molecule has 0 spiro atoms. The fourth-order valence-electron chi connectivity index (χ4n) is 3.72. The molecule has 3 N–H and O–H groups in total. The zero-order chi connectivity index (χ0) is 20.9. The summed E-state index contributed by atoms with van der Waals surface area (Å²) >= 11 is 0. The van der Waals surface area contributed by atoms with Gasteiger partial charge in [-0.1, -0.05) is 50.5 Å². The van der Waals surface area contributed by atoms with E-state index in [0.717, 1.165) is 38.5 Å². The average molecular weight is 397 g/mol. The molecule has 1 aliphatic rings. The van der Waals surface area contributed by atoms with Gasteiger partial charge in [0.05, 0.1) is 24.4 Å². The molecule has 162 valence electrons. The Balaban J connectivity index is 2.41. The van der Waals surface area contributed by atoms with Crippen molar-refractivity contribution in [1.29, 1.82) is 0 Å². The number of carbonyl (C=O) groups is 1. The lowest BCUT2D eigenvalue weighted by Crippen LogP contribution is -2.20. The molecule has 1 fully saturated rings. The van der Waals surface area contributed by atoms with Crippen LogP contribution in [0, 0.1) is 11.8 Å². The highest BCUT2D eigenvalue weighted by Gasteiger charge is 2.39. The van der Waals surface area contributed by atoms with Gasteiger partial charge in [0.1, 0.15) is 0 Å². The first-order valence-corrected chi connectivity index (χ1v) is 10.9. The van der Waals surface area contributed by atoms with E-state index in [0.29, 0.717) is 19.3 Å². The van der Waals surface area contributed by atoms with Gasteiger partial charge in [0, 0.05) is 18.8 Å². The van der Waals surface area contributed by atoms with Crippen LogP contribution in [0.5, 0.6) is 0 Å². The van der Waals surface area contributed by atoms with E-state index in [2.05, 4.69) is 6.92 Å². The van der Waals surface area contributed by atoms with Crippen molar-refractivity contribution in [1.82, 2.24) is 0 Å². The van der Waals surface area contributed by atoms with Crippen LogP contribution in [0.25, 0.3) is 0 Å². The minimum atomic E-state index is -0.571. The summed E-state index contributed by atoms with van der Waals surface area (Å²) in [6.45, 7) is 5.82. The van der Waals surface area contributed by atoms with Crippen molar-refractivity contribution in [2.75, 3.05) is 0 Å². The number of hydrogen-bond donors (Lipinski definition) is 3. The van der Waals surface area contributed by atoms with Gasteiger partial charge in [-0.2, -0.15) is 0 Å². The second kappa shape index (κ2) is 13.9. The predicted octanol–water partition coefficient (Wildman–Crippen LogP) is 3.91. The third-order valence-electron chi connectivity index (χ3n) is 5.27. The number of aliphatic hydroxyl groups excluding tert-OH is 3. The highest BCUT2D eigenvalue weighted by molar-refractivity contribution is 5.69. The molecule has 5 nitrogen and oxygen atoms in total. The first-order valence-electron chi connectivity index (χ1n) is 10.9. The lowest BCUT2D eigenvalue weighted by Gasteiger charge is -2.19. The van der Waals surface area contributed by atoms with Crippen LogP contribution in [0.4, 0.5) is 0 Å². The Labute approximate surface area is 170 Å². The van der Waals surface area contributed by atoms with Gasteiger partial charge in [-0.05, 0) is 45.4 Å². The van der Waals surface area contributed by atoms with Gasteiger partial charge in [0.2, 0.25) is 0 Å². The van der Waals surface area contributed by atoms with Gasteiger partial charge in [-0.15, -0.1) is 0 Å². The molecule has 1 aliphatic carbocycles. The summed E-state index contributed by atoms with van der Waals surface area (Å²) in [7, 11) is 0. The van der Waals surface area contributed by atoms with E-state index in [-0.39, 0.29) is 23.9 Å². The van der Waals surface area contributed by atoms with E-state index in [1.807, 2.05) is 32.1 Å². The van der Waals surface area contributed by atoms with Crippen molar-refractivity contribution >= 4 is 5.97 Å². The number of unbranched alkanes of at least 4 members (excludes halogenated alkanes) is 3. The van der Waals surface area contributed by atoms with Crippen molar-refractivity contribution in [3.63, 3.8) is 0 Å². The largest absolute Gasteiger partial charge is 0.463 e. The molecule has 0 bridgehead atoms. The first-order chi connectivity index (χ1) is 13.3. The fourth-order valence-corrected chi connectivity index (χ4v) is 3.72. The molecule has 5 heteroatoms. The van der Waals surface area contributed by atoms with Crippen LogP contribution in [0.15, 0.2) is 24.3 Å². The molecule has 0 radical (unpaired) electrons. The molecule has 0 aromatic heterocycles. The van der Waals surface area contributed by atoms with Crippen LogP contribution >= 0.6 is 0 Å². The Kier molecular flexibility index (Phi) is 12.4. The molecule has 1 rings (SSSR count). The fraction of sp³-hybridized carbons (Fsp3) is 0.783. The van der Waals surface area contributed by atoms with E-state index < -0.39 is 18.3 Å². The number of allylic oxidation sites excluding steroid dienone is 2. The molecule has 0 heterocycles. The van der Waals surface area contributed by atoms with Crippen molar-refractivity contribution < 1.29 is 24.9 Å². The molecule has 0 saturated heterocycles. The van der Waals surface area contributed by atoms with E-state index >= 15 is 0 Å². The molecule has 0 amide bonds. The second-order valence-electron chi connectivity index (χ2n) is 8.20. The molecule has 0 aliphatic heterocycles. The molecule has 0 aromatic carbocycles. The molecular weight excluding hydrogens is 356 g/mol. The van der Waals surface area contributed by atoms with Crippen molar-refractivity contribution in [3.8, 4) is 0 Å². The van der Waals surface area contributed by atoms with Crippen molar-refractivity contribution in [3.05, 3.63) is 24.3 Å². The number of rotatable bonds is 13. The Bertz CT molecular complexity index is 485. The topological polar surface area (TPSA) is 87.0 Å². The number of ether oxygens (including phenoxy) is 1. The smallest absolute Gasteiger partial charge is 0.306 e. The number of hydrogen-bond acceptors (Lipinski definition) is 5. The highest BCUT2D eigenvalue weighted by Crippen LogP contribution is 2.36. The summed E-state index contributed by atoms with van der Waals surface area (Å²) in [5, 5.41) is 30.6. The van der Waals surface area contributed by atoms with E-state index in [4.69, 9.17) is 4.74 Å². The molecule has 28 heavy (non-hydrogen) atoms. The SMILES string of the molecule is CCCCC[C@H](O)/C=C/[C@@H]1[C@H](C/C=C/CCCC(=O)OC(C)C)[C@@H](O)C[C@H]1O. The summed E-state index contributed by atoms with van der Waals surface area (Å²) in [5.74, 6) is -0.349. The quantitative estimate of drug-likeness (QED) is 0.250. The van der Waals surface area contributed by atoms with E-state index in [1.165, 1.54) is 0 Å². The zero-order valence-corrected chi connectivity index (χ0v) is 17.8. The molecule has 1 saturated carbocycles. The maximum Gasteiger partial charge on any atom is 0.306 e. The van der Waals surface area contributed by atoms with Crippen LogP contribution in [0.1, 0.15) is 78.6 Å². The van der Waals surface area contributed by atoms with Gasteiger partial charge in [0.15, 0.2) is 0 Å². The number of aliphatic hydroxyl groups is 3. The van der Waals surface area contributed by atoms with Gasteiger partial charge >= 0.3 is 5.97 Å². The monoisotopic (exact) mass is 396 g/mol. The first kappa shape index (κ1) is 24.9. The maximum absolute atomic E-state index is 11.5. The minimum absolute atomic E-state index is 0.0451. The van der Waals surface area contributed by atoms with E-state index in [9.17, 15) is 20.1 Å². The van der Waals surface area contributed by atoms with Crippen LogP contribution < -0.4 is 0 Å². The van der Waals surface area contributed by atoms with Gasteiger partial charge in [-0.25, -0.2) is 0 Å². The van der Waals surface area contributed by atoms with Crippen LogP contribution in [-0.2, 0) is 9.53 Å². The second-order valence-corrected chi connectivity index (χ2v) is 8.20. The molecule has 5 atom stereocenters. The Morgan fingerprint density at radius 3 is 2.57 bits per heavy atom. The summed E-state index contributed by atoms with van der Waals surface area (Å²) < 4.78 is 5.10. The Hall–Kier alpha value is -1.17. The molecule has 0 aromatic rings. The Morgan fingerprint density at radius 1 is 1.14 bits per heavy atom. The minimum Gasteiger partial charge on any atom is -0.463 e. The summed E-state index contributed by atoms with van der Waals surface area (Å²) in [6.07, 6.45) is 13.0. The standard InChI is InChI=1S/C23H40O5/c1-4-5-8-11-18(24)14-15-20-19(21(25)16-22(20)26)12-9-6-7-10-13-23(27)28-17(2)3/h6,9,14-15,17-22,24-26H,4-5,7-8,10-13,16H2,1-3H3/b9-6+,15-14+/t18-,19-,20+,21-,22+/m0/s1. The lowest BCUT2D eigenvalue weighted by atomic mass is 9.89. The maximum atomic E-state index is 11.5. The molecule has 0 unspecified atom stereocenters. The van der Waals surface area contributed by atoms with E-state index in [1.54, 1.807) is 6.08 Å². The van der Waals surface area contributed by atoms with Gasteiger partial charge < -0.3 is 20.1 Å². The van der Waals surface area contributed by atoms with Crippen LogP contribution in [0.3, 0.4) is 0 Å². The van der Waals surface area contributed by atoms with Crippen molar-refractivity contribution in [2.45, 2.75) is 103 Å². The predicted molar refractivity (Wildman–Crippen MR) is 112 cm³/mol. The average Bonchev–Trinajstić information content (AvgIpc) is 2.88. The zero-order valence-electron chi connectivity index (χ0n) is 17.8. The van der Waals surface area contributed by atoms with Crippen LogP contribution in [0.2, 0.25) is 0 Å². The van der Waals surface area contributed by atoms with Crippen molar-refractivity contribution in [2.24, 2.45) is 11.8 Å². The third-order valence-corrected chi connectivity index (χ3v) is 5.27. The highest BCUT2D eigenvalue weighted by atomic mass is 16.5. The summed E-state index contributed by atoms with van der Waals surface area (Å²) in [5.41, 5.74) is 0. The Morgan fingerprint density at radius 2 is 1.89 bits per heavy atom. The molecular formula is C23H40O5. The number of carbonyl (C=O) groups excluding carboxylic acids is 1.